The van der Waals surface area contributed by atoms with Crippen molar-refractivity contribution in [3.63, 3.8) is 0 Å². The summed E-state index contributed by atoms with van der Waals surface area (Å²) in [6.45, 7) is 2.21. The van der Waals surface area contributed by atoms with E-state index in [1.807, 2.05) is 5.38 Å². The molecule has 0 fully saturated rings. The lowest BCUT2D eigenvalue weighted by atomic mass is 10.1. The van der Waals surface area contributed by atoms with Crippen LogP contribution >= 0.6 is 22.7 Å². The van der Waals surface area contributed by atoms with Crippen molar-refractivity contribution in [1.29, 1.82) is 0 Å². The van der Waals surface area contributed by atoms with E-state index in [-0.39, 0.29) is 5.82 Å². The third kappa shape index (κ3) is 4.15. The molecule has 0 saturated carbocycles. The maximum absolute atomic E-state index is 13.1. The van der Waals surface area contributed by atoms with Gasteiger partial charge < -0.3 is 0 Å². The summed E-state index contributed by atoms with van der Waals surface area (Å²) in [6, 6.07) is 15.1. The molecule has 0 saturated heterocycles. The van der Waals surface area contributed by atoms with Gasteiger partial charge in [-0.15, -0.1) is 22.7 Å². The molecule has 5 heteroatoms. The van der Waals surface area contributed by atoms with Gasteiger partial charge in [0.25, 0.3) is 0 Å². The highest BCUT2D eigenvalue weighted by atomic mass is 32.1. The standard InChI is InChI=1S/C22H19FN2S2/c1-2-3-4-15-5-7-16(8-6-15)19-13-26-21(24-19)22-25-20(14-27-22)17-9-11-18(23)12-10-17/h5-14H,2-4H2,1H3. The molecule has 0 spiro atoms. The van der Waals surface area contributed by atoms with Crippen molar-refractivity contribution in [3.05, 3.63) is 70.7 Å². The first-order chi connectivity index (χ1) is 13.2. The van der Waals surface area contributed by atoms with E-state index in [9.17, 15) is 4.39 Å². The Morgan fingerprint density at radius 2 is 1.30 bits per heavy atom. The van der Waals surface area contributed by atoms with Crippen molar-refractivity contribution in [2.75, 3.05) is 0 Å². The van der Waals surface area contributed by atoms with Gasteiger partial charge in [0.05, 0.1) is 11.4 Å². The van der Waals surface area contributed by atoms with Crippen LogP contribution in [0.1, 0.15) is 25.3 Å². The molecule has 2 heterocycles. The highest BCUT2D eigenvalue weighted by Gasteiger charge is 2.12. The molecule has 0 N–H and O–H groups in total. The summed E-state index contributed by atoms with van der Waals surface area (Å²) >= 11 is 3.17. The maximum atomic E-state index is 13.1. The number of halogens is 1. The molecule has 136 valence electrons. The SMILES string of the molecule is CCCCc1ccc(-c2csc(-c3nc(-c4ccc(F)cc4)cs3)n2)cc1. The Morgan fingerprint density at radius 1 is 0.778 bits per heavy atom. The first kappa shape index (κ1) is 18.0. The predicted molar refractivity (Wildman–Crippen MR) is 113 cm³/mol. The molecule has 2 nitrogen and oxygen atoms in total. The topological polar surface area (TPSA) is 25.8 Å². The third-order valence-corrected chi connectivity index (χ3v) is 6.23. The number of aryl methyl sites for hydroxylation is 1. The fraction of sp³-hybridized carbons (Fsp3) is 0.182. The number of rotatable bonds is 6. The Bertz CT molecular complexity index is 1020. The Hall–Kier alpha value is -2.37. The van der Waals surface area contributed by atoms with Crippen molar-refractivity contribution in [2.45, 2.75) is 26.2 Å². The molecular weight excluding hydrogens is 375 g/mol. The minimum atomic E-state index is -0.237. The molecular formula is C22H19FN2S2. The highest BCUT2D eigenvalue weighted by molar-refractivity contribution is 7.20. The third-order valence-electron chi connectivity index (χ3n) is 4.40. The largest absolute Gasteiger partial charge is 0.233 e. The number of benzene rings is 2. The second kappa shape index (κ2) is 8.11. The first-order valence-electron chi connectivity index (χ1n) is 8.99. The number of thiazole rings is 2. The minimum absolute atomic E-state index is 0.237. The summed E-state index contributed by atoms with van der Waals surface area (Å²) in [7, 11) is 0. The lowest BCUT2D eigenvalue weighted by Crippen LogP contribution is -1.85. The number of hydrogen-bond acceptors (Lipinski definition) is 4. The van der Waals surface area contributed by atoms with Crippen molar-refractivity contribution in [2.24, 2.45) is 0 Å². The summed E-state index contributed by atoms with van der Waals surface area (Å²) in [5.41, 5.74) is 5.26. The van der Waals surface area contributed by atoms with Gasteiger partial charge in [0, 0.05) is 21.9 Å². The van der Waals surface area contributed by atoms with Crippen molar-refractivity contribution >= 4 is 22.7 Å². The second-order valence-corrected chi connectivity index (χ2v) is 8.10. The summed E-state index contributed by atoms with van der Waals surface area (Å²) in [4.78, 5) is 9.45. The highest BCUT2D eigenvalue weighted by Crippen LogP contribution is 2.33. The number of unbranched alkanes of at least 4 members (excludes halogenated alkanes) is 1. The van der Waals surface area contributed by atoms with E-state index in [4.69, 9.17) is 4.98 Å². The zero-order chi connectivity index (χ0) is 18.6. The summed E-state index contributed by atoms with van der Waals surface area (Å²) in [5, 5.41) is 5.88. The predicted octanol–water partition coefficient (Wildman–Crippen LogP) is 7.08. The lowest BCUT2D eigenvalue weighted by Gasteiger charge is -2.01. The van der Waals surface area contributed by atoms with Crippen LogP contribution in [0.15, 0.2) is 59.3 Å². The molecule has 2 aromatic heterocycles. The summed E-state index contributed by atoms with van der Waals surface area (Å²) < 4.78 is 13.1. The van der Waals surface area contributed by atoms with Crippen LogP contribution < -0.4 is 0 Å². The van der Waals surface area contributed by atoms with Crippen LogP contribution in [-0.4, -0.2) is 9.97 Å². The Balaban J connectivity index is 1.53. The van der Waals surface area contributed by atoms with Gasteiger partial charge in [-0.2, -0.15) is 0 Å². The van der Waals surface area contributed by atoms with Gasteiger partial charge in [0.2, 0.25) is 0 Å². The summed E-state index contributed by atoms with van der Waals surface area (Å²) in [6.07, 6.45) is 3.57. The Labute approximate surface area is 166 Å². The van der Waals surface area contributed by atoms with Crippen LogP contribution in [0, 0.1) is 5.82 Å². The van der Waals surface area contributed by atoms with E-state index >= 15 is 0 Å². The molecule has 27 heavy (non-hydrogen) atoms. The smallest absolute Gasteiger partial charge is 0.152 e. The van der Waals surface area contributed by atoms with E-state index in [0.717, 1.165) is 39.0 Å². The maximum Gasteiger partial charge on any atom is 0.152 e. The molecule has 0 bridgehead atoms. The van der Waals surface area contributed by atoms with Gasteiger partial charge >= 0.3 is 0 Å². The van der Waals surface area contributed by atoms with Crippen LogP contribution in [0.4, 0.5) is 4.39 Å². The van der Waals surface area contributed by atoms with Gasteiger partial charge in [-0.05, 0) is 42.7 Å². The lowest BCUT2D eigenvalue weighted by molar-refractivity contribution is 0.628. The number of aromatic nitrogens is 2. The fourth-order valence-electron chi connectivity index (χ4n) is 2.85. The molecule has 4 aromatic rings. The first-order valence-corrected chi connectivity index (χ1v) is 10.8. The van der Waals surface area contributed by atoms with Gasteiger partial charge in [-0.3, -0.25) is 0 Å². The summed E-state index contributed by atoms with van der Waals surface area (Å²) in [5.74, 6) is -0.237. The number of hydrogen-bond donors (Lipinski definition) is 0. The second-order valence-electron chi connectivity index (χ2n) is 6.38. The van der Waals surface area contributed by atoms with Crippen LogP contribution in [0.3, 0.4) is 0 Å². The molecule has 0 unspecified atom stereocenters. The minimum Gasteiger partial charge on any atom is -0.233 e. The average molecular weight is 395 g/mol. The van der Waals surface area contributed by atoms with E-state index in [0.29, 0.717) is 0 Å². The molecule has 4 rings (SSSR count). The van der Waals surface area contributed by atoms with E-state index in [1.165, 1.54) is 30.5 Å². The van der Waals surface area contributed by atoms with Gasteiger partial charge in [-0.25, -0.2) is 14.4 Å². The molecule has 0 aliphatic carbocycles. The van der Waals surface area contributed by atoms with Gasteiger partial charge in [0.15, 0.2) is 10.0 Å². The van der Waals surface area contributed by atoms with E-state index in [1.54, 1.807) is 34.8 Å². The Morgan fingerprint density at radius 3 is 1.81 bits per heavy atom. The zero-order valence-electron chi connectivity index (χ0n) is 15.0. The van der Waals surface area contributed by atoms with Gasteiger partial charge in [-0.1, -0.05) is 37.6 Å². The number of nitrogens with zero attached hydrogens (tertiary/aromatic N) is 2. The van der Waals surface area contributed by atoms with E-state index < -0.39 is 0 Å². The van der Waals surface area contributed by atoms with Crippen molar-refractivity contribution in [1.82, 2.24) is 9.97 Å². The van der Waals surface area contributed by atoms with Gasteiger partial charge in [0.1, 0.15) is 5.82 Å². The molecule has 0 radical (unpaired) electrons. The Kier molecular flexibility index (Phi) is 5.41. The van der Waals surface area contributed by atoms with E-state index in [2.05, 4.69) is 41.6 Å². The molecule has 2 aromatic carbocycles. The monoisotopic (exact) mass is 394 g/mol. The van der Waals surface area contributed by atoms with Crippen LogP contribution in [0.25, 0.3) is 32.5 Å². The average Bonchev–Trinajstić information content (AvgIpc) is 3.37. The molecule has 0 aliphatic heterocycles. The zero-order valence-corrected chi connectivity index (χ0v) is 16.6. The van der Waals surface area contributed by atoms with Crippen LogP contribution in [0.2, 0.25) is 0 Å². The quantitative estimate of drug-likeness (QED) is 0.349. The fourth-order valence-corrected chi connectivity index (χ4v) is 4.56. The van der Waals surface area contributed by atoms with Crippen molar-refractivity contribution < 1.29 is 4.39 Å². The normalized spacial score (nSPS) is 11.0. The molecule has 0 amide bonds. The van der Waals surface area contributed by atoms with Crippen LogP contribution in [-0.2, 0) is 6.42 Å². The molecule has 0 aliphatic rings. The van der Waals surface area contributed by atoms with Crippen molar-refractivity contribution in [3.8, 4) is 32.5 Å². The van der Waals surface area contributed by atoms with Crippen LogP contribution in [0.5, 0.6) is 0 Å². The molecule has 0 atom stereocenters.